The van der Waals surface area contributed by atoms with Gasteiger partial charge in [-0.3, -0.25) is 9.48 Å². The van der Waals surface area contributed by atoms with E-state index in [0.29, 0.717) is 0 Å². The van der Waals surface area contributed by atoms with E-state index in [0.717, 1.165) is 4.68 Å². The van der Waals surface area contributed by atoms with Crippen LogP contribution in [0, 0.1) is 0 Å². The van der Waals surface area contributed by atoms with E-state index in [1.54, 1.807) is 0 Å². The Bertz CT molecular complexity index is 344. The van der Waals surface area contributed by atoms with Crippen LogP contribution in [0.25, 0.3) is 0 Å². The molecule has 13 heavy (non-hydrogen) atoms. The summed E-state index contributed by atoms with van der Waals surface area (Å²) in [5, 5.41) is 2.76. The third-order valence-corrected chi connectivity index (χ3v) is 1.85. The number of carbonyl (C=O) groups is 1. The molecule has 1 aromatic rings. The quantitative estimate of drug-likeness (QED) is 0.667. The van der Waals surface area contributed by atoms with E-state index >= 15 is 0 Å². The van der Waals surface area contributed by atoms with Gasteiger partial charge in [-0.1, -0.05) is 11.6 Å². The zero-order valence-electron chi connectivity index (χ0n) is 6.39. The summed E-state index contributed by atoms with van der Waals surface area (Å²) in [6.45, 7) is 0. The average Bonchev–Trinajstić information content (AvgIpc) is 2.28. The molecule has 0 atom stereocenters. The molecule has 0 aromatic carbocycles. The smallest absolute Gasteiger partial charge is 0.298 e. The van der Waals surface area contributed by atoms with Crippen LogP contribution >= 0.6 is 11.6 Å². The zero-order chi connectivity index (χ0) is 10.2. The van der Waals surface area contributed by atoms with Crippen LogP contribution in [0.2, 0.25) is 5.15 Å². The van der Waals surface area contributed by atoms with Gasteiger partial charge in [0.1, 0.15) is 5.15 Å². The fourth-order valence-electron chi connectivity index (χ4n) is 0.834. The molecule has 0 aliphatic rings. The number of carbonyl (C=O) groups excluding carboxylic acids is 1. The molecule has 0 unspecified atom stereocenters. The van der Waals surface area contributed by atoms with Crippen LogP contribution in [-0.2, 0) is 13.2 Å². The van der Waals surface area contributed by atoms with E-state index in [1.165, 1.54) is 7.05 Å². The van der Waals surface area contributed by atoms with Crippen molar-refractivity contribution < 1.29 is 18.0 Å². The Morgan fingerprint density at radius 2 is 2.08 bits per heavy atom. The summed E-state index contributed by atoms with van der Waals surface area (Å²) in [6, 6.07) is 0. The van der Waals surface area contributed by atoms with Gasteiger partial charge in [-0.2, -0.15) is 18.3 Å². The van der Waals surface area contributed by atoms with E-state index in [9.17, 15) is 18.0 Å². The number of rotatable bonds is 1. The maximum Gasteiger partial charge on any atom is 0.435 e. The molecule has 72 valence electrons. The molecule has 0 aliphatic heterocycles. The zero-order valence-corrected chi connectivity index (χ0v) is 7.15. The molecule has 0 saturated heterocycles. The van der Waals surface area contributed by atoms with Gasteiger partial charge in [0.15, 0.2) is 12.0 Å². The summed E-state index contributed by atoms with van der Waals surface area (Å²) in [4.78, 5) is 10.3. The number of aldehydes is 1. The van der Waals surface area contributed by atoms with Gasteiger partial charge in [0.2, 0.25) is 0 Å². The van der Waals surface area contributed by atoms with E-state index in [-0.39, 0.29) is 11.4 Å². The lowest BCUT2D eigenvalue weighted by atomic mass is 10.3. The van der Waals surface area contributed by atoms with Crippen LogP contribution in [0.4, 0.5) is 13.2 Å². The number of aryl methyl sites for hydroxylation is 1. The molecule has 1 aromatic heterocycles. The fraction of sp³-hybridized carbons (Fsp3) is 0.333. The Hall–Kier alpha value is -1.04. The highest BCUT2D eigenvalue weighted by atomic mass is 35.5. The molecule has 0 bridgehead atoms. The SMILES string of the molecule is Cn1nc(C(F)(F)F)c(C=O)c1Cl. The normalized spacial score (nSPS) is 11.8. The lowest BCUT2D eigenvalue weighted by Crippen LogP contribution is -2.09. The number of nitrogens with zero attached hydrogens (tertiary/aromatic N) is 2. The first-order valence-corrected chi connectivity index (χ1v) is 3.50. The fourth-order valence-corrected chi connectivity index (χ4v) is 1.01. The molecule has 0 fully saturated rings. The van der Waals surface area contributed by atoms with Gasteiger partial charge in [-0.05, 0) is 0 Å². The second-order valence-corrected chi connectivity index (χ2v) is 2.65. The summed E-state index contributed by atoms with van der Waals surface area (Å²) >= 11 is 5.39. The first-order valence-electron chi connectivity index (χ1n) is 3.12. The lowest BCUT2D eigenvalue weighted by molar-refractivity contribution is -0.141. The third kappa shape index (κ3) is 1.67. The molecule has 0 radical (unpaired) electrons. The number of hydrogen-bond acceptors (Lipinski definition) is 2. The van der Waals surface area contributed by atoms with Crippen molar-refractivity contribution in [1.82, 2.24) is 9.78 Å². The standard InChI is InChI=1S/C6H4ClF3N2O/c1-12-5(7)3(2-13)4(11-12)6(8,9)10/h2H,1H3. The van der Waals surface area contributed by atoms with E-state index in [2.05, 4.69) is 5.10 Å². The highest BCUT2D eigenvalue weighted by Crippen LogP contribution is 2.32. The molecular formula is C6H4ClF3N2O. The van der Waals surface area contributed by atoms with Crippen LogP contribution in [0.3, 0.4) is 0 Å². The molecule has 1 heterocycles. The summed E-state index contributed by atoms with van der Waals surface area (Å²) in [5.74, 6) is 0. The predicted octanol–water partition coefficient (Wildman–Crippen LogP) is 1.90. The topological polar surface area (TPSA) is 34.9 Å². The molecule has 0 aliphatic carbocycles. The molecule has 0 spiro atoms. The Labute approximate surface area is 76.1 Å². The Kier molecular flexibility index (Phi) is 2.34. The average molecular weight is 213 g/mol. The van der Waals surface area contributed by atoms with Crippen molar-refractivity contribution in [2.75, 3.05) is 0 Å². The minimum absolute atomic E-state index is 0.0398. The van der Waals surface area contributed by atoms with Gasteiger partial charge in [0.05, 0.1) is 5.56 Å². The van der Waals surface area contributed by atoms with Crippen molar-refractivity contribution in [2.45, 2.75) is 6.18 Å². The highest BCUT2D eigenvalue weighted by Gasteiger charge is 2.38. The van der Waals surface area contributed by atoms with Gasteiger partial charge in [-0.25, -0.2) is 0 Å². The van der Waals surface area contributed by atoms with E-state index in [1.807, 2.05) is 0 Å². The van der Waals surface area contributed by atoms with Gasteiger partial charge in [-0.15, -0.1) is 0 Å². The van der Waals surface area contributed by atoms with Crippen molar-refractivity contribution in [3.05, 3.63) is 16.4 Å². The minimum Gasteiger partial charge on any atom is -0.298 e. The van der Waals surface area contributed by atoms with E-state index in [4.69, 9.17) is 11.6 Å². The van der Waals surface area contributed by atoms with Gasteiger partial charge < -0.3 is 0 Å². The summed E-state index contributed by atoms with van der Waals surface area (Å²) < 4.78 is 37.2. The van der Waals surface area contributed by atoms with Gasteiger partial charge in [0, 0.05) is 7.05 Å². The number of alkyl halides is 3. The van der Waals surface area contributed by atoms with Crippen LogP contribution in [0.15, 0.2) is 0 Å². The summed E-state index contributed by atoms with van der Waals surface area (Å²) in [7, 11) is 1.23. The van der Waals surface area contributed by atoms with E-state index < -0.39 is 17.4 Å². The number of aromatic nitrogens is 2. The maximum atomic E-state index is 12.1. The van der Waals surface area contributed by atoms with Crippen molar-refractivity contribution >= 4 is 17.9 Å². The van der Waals surface area contributed by atoms with Crippen LogP contribution < -0.4 is 0 Å². The first kappa shape index (κ1) is 10.0. The van der Waals surface area contributed by atoms with Gasteiger partial charge in [0.25, 0.3) is 0 Å². The van der Waals surface area contributed by atoms with Crippen molar-refractivity contribution in [3.63, 3.8) is 0 Å². The second kappa shape index (κ2) is 3.02. The Balaban J connectivity index is 3.38. The molecule has 7 heteroatoms. The molecule has 1 rings (SSSR count). The number of hydrogen-bond donors (Lipinski definition) is 0. The van der Waals surface area contributed by atoms with Crippen LogP contribution in [0.5, 0.6) is 0 Å². The van der Waals surface area contributed by atoms with Crippen molar-refractivity contribution in [1.29, 1.82) is 0 Å². The van der Waals surface area contributed by atoms with Crippen LogP contribution in [-0.4, -0.2) is 16.1 Å². The van der Waals surface area contributed by atoms with Crippen LogP contribution in [0.1, 0.15) is 16.1 Å². The molecule has 0 amide bonds. The minimum atomic E-state index is -4.65. The molecule has 0 saturated carbocycles. The Morgan fingerprint density at radius 1 is 1.54 bits per heavy atom. The monoisotopic (exact) mass is 212 g/mol. The second-order valence-electron chi connectivity index (χ2n) is 2.29. The first-order chi connectivity index (χ1) is 5.88. The van der Waals surface area contributed by atoms with Gasteiger partial charge >= 0.3 is 6.18 Å². The highest BCUT2D eigenvalue weighted by molar-refractivity contribution is 6.32. The maximum absolute atomic E-state index is 12.1. The summed E-state index contributed by atoms with van der Waals surface area (Å²) in [6.07, 6.45) is -4.61. The number of halogens is 4. The van der Waals surface area contributed by atoms with Crippen molar-refractivity contribution in [3.8, 4) is 0 Å². The molecule has 3 nitrogen and oxygen atoms in total. The van der Waals surface area contributed by atoms with Crippen molar-refractivity contribution in [2.24, 2.45) is 7.05 Å². The lowest BCUT2D eigenvalue weighted by Gasteiger charge is -2.01. The Morgan fingerprint density at radius 3 is 2.38 bits per heavy atom. The molecular weight excluding hydrogens is 209 g/mol. The summed E-state index contributed by atoms with van der Waals surface area (Å²) in [5.41, 5.74) is -1.88. The predicted molar refractivity (Wildman–Crippen MR) is 38.6 cm³/mol. The third-order valence-electron chi connectivity index (χ3n) is 1.40. The largest absolute Gasteiger partial charge is 0.435 e. The molecule has 0 N–H and O–H groups in total.